The molecule has 0 radical (unpaired) electrons. The molecule has 2 rings (SSSR count). The van der Waals surface area contributed by atoms with Crippen molar-refractivity contribution in [1.29, 1.82) is 0 Å². The number of hydrogen-bond acceptors (Lipinski definition) is 3. The molecule has 0 amide bonds. The molecule has 1 aliphatic carbocycles. The summed E-state index contributed by atoms with van der Waals surface area (Å²) in [5.74, 6) is 0.807. The monoisotopic (exact) mass is 245 g/mol. The van der Waals surface area contributed by atoms with Gasteiger partial charge < -0.3 is 15.3 Å². The molecule has 0 unspecified atom stereocenters. The van der Waals surface area contributed by atoms with Gasteiger partial charge in [-0.2, -0.15) is 0 Å². The van der Waals surface area contributed by atoms with Crippen molar-refractivity contribution in [3.05, 3.63) is 22.6 Å². The number of rotatable bonds is 2. The first kappa shape index (κ1) is 9.24. The Labute approximate surface area is 85.0 Å². The van der Waals surface area contributed by atoms with E-state index >= 15 is 0 Å². The van der Waals surface area contributed by atoms with Crippen LogP contribution in [0.15, 0.2) is 21.2 Å². The molecule has 1 aromatic rings. The average molecular weight is 246 g/mol. The van der Waals surface area contributed by atoms with E-state index in [1.165, 1.54) is 0 Å². The fraction of sp³-hybridized carbons (Fsp3) is 0.556. The summed E-state index contributed by atoms with van der Waals surface area (Å²) in [6.45, 7) is 0. The van der Waals surface area contributed by atoms with E-state index in [0.717, 1.165) is 5.76 Å². The van der Waals surface area contributed by atoms with Crippen LogP contribution < -0.4 is 5.73 Å². The lowest BCUT2D eigenvalue weighted by Crippen LogP contribution is -2.52. The standard InChI is InChI=1S/C9H12BrNO2/c10-8-2-1-7(13-8)5-9(12)3-6(11)4-9/h1-2,6,12H,3-5,11H2. The van der Waals surface area contributed by atoms with E-state index in [2.05, 4.69) is 15.9 Å². The van der Waals surface area contributed by atoms with Gasteiger partial charge in [-0.25, -0.2) is 0 Å². The molecule has 0 bridgehead atoms. The molecule has 0 aliphatic heterocycles. The van der Waals surface area contributed by atoms with Crippen LogP contribution in [0.4, 0.5) is 0 Å². The number of aliphatic hydroxyl groups is 1. The number of halogens is 1. The fourth-order valence-electron chi connectivity index (χ4n) is 1.83. The molecule has 0 spiro atoms. The van der Waals surface area contributed by atoms with E-state index in [4.69, 9.17) is 10.2 Å². The zero-order valence-electron chi connectivity index (χ0n) is 7.16. The summed E-state index contributed by atoms with van der Waals surface area (Å²) in [6, 6.07) is 3.85. The van der Waals surface area contributed by atoms with Gasteiger partial charge in [0.25, 0.3) is 0 Å². The first-order valence-corrected chi connectivity index (χ1v) is 5.09. The zero-order valence-corrected chi connectivity index (χ0v) is 8.75. The number of furan rings is 1. The molecule has 1 heterocycles. The highest BCUT2D eigenvalue weighted by Crippen LogP contribution is 2.34. The minimum atomic E-state index is -0.628. The van der Waals surface area contributed by atoms with Gasteiger partial charge >= 0.3 is 0 Å². The minimum absolute atomic E-state index is 0.156. The van der Waals surface area contributed by atoms with Crippen LogP contribution in [0, 0.1) is 0 Å². The predicted molar refractivity (Wildman–Crippen MR) is 52.3 cm³/mol. The van der Waals surface area contributed by atoms with Crippen LogP contribution in [0.3, 0.4) is 0 Å². The molecule has 72 valence electrons. The lowest BCUT2D eigenvalue weighted by atomic mass is 9.74. The summed E-state index contributed by atoms with van der Waals surface area (Å²) in [5, 5.41) is 9.89. The predicted octanol–water partition coefficient (Wildman–Crippen LogP) is 1.44. The van der Waals surface area contributed by atoms with E-state index in [0.29, 0.717) is 23.9 Å². The van der Waals surface area contributed by atoms with E-state index in [1.807, 2.05) is 12.1 Å². The van der Waals surface area contributed by atoms with Gasteiger partial charge in [-0.05, 0) is 40.9 Å². The highest BCUT2D eigenvalue weighted by atomic mass is 79.9. The van der Waals surface area contributed by atoms with Crippen LogP contribution in [-0.4, -0.2) is 16.7 Å². The van der Waals surface area contributed by atoms with Crippen LogP contribution >= 0.6 is 15.9 Å². The molecule has 13 heavy (non-hydrogen) atoms. The van der Waals surface area contributed by atoms with Gasteiger partial charge in [-0.1, -0.05) is 0 Å². The van der Waals surface area contributed by atoms with Gasteiger partial charge in [0, 0.05) is 12.5 Å². The Morgan fingerprint density at radius 3 is 2.77 bits per heavy atom. The Morgan fingerprint density at radius 2 is 2.31 bits per heavy atom. The second-order valence-corrected chi connectivity index (χ2v) is 4.56. The SMILES string of the molecule is NC1CC(O)(Cc2ccc(Br)o2)C1. The highest BCUT2D eigenvalue weighted by Gasteiger charge is 2.41. The van der Waals surface area contributed by atoms with Crippen molar-refractivity contribution in [2.45, 2.75) is 30.9 Å². The van der Waals surface area contributed by atoms with Gasteiger partial charge in [0.15, 0.2) is 4.67 Å². The summed E-state index contributed by atoms with van der Waals surface area (Å²) >= 11 is 3.22. The summed E-state index contributed by atoms with van der Waals surface area (Å²) in [7, 11) is 0. The molecular formula is C9H12BrNO2. The van der Waals surface area contributed by atoms with Crippen molar-refractivity contribution in [3.8, 4) is 0 Å². The van der Waals surface area contributed by atoms with E-state index in [1.54, 1.807) is 0 Å². The zero-order chi connectivity index (χ0) is 9.47. The van der Waals surface area contributed by atoms with E-state index < -0.39 is 5.60 Å². The van der Waals surface area contributed by atoms with Crippen molar-refractivity contribution >= 4 is 15.9 Å². The summed E-state index contributed by atoms with van der Waals surface area (Å²) in [5.41, 5.74) is 4.98. The molecule has 0 atom stereocenters. The molecule has 0 saturated heterocycles. The molecule has 3 N–H and O–H groups in total. The summed E-state index contributed by atoms with van der Waals surface area (Å²) < 4.78 is 6.01. The van der Waals surface area contributed by atoms with Crippen LogP contribution in [-0.2, 0) is 6.42 Å². The lowest BCUT2D eigenvalue weighted by Gasteiger charge is -2.41. The van der Waals surface area contributed by atoms with Crippen molar-refractivity contribution in [3.63, 3.8) is 0 Å². The van der Waals surface area contributed by atoms with Gasteiger partial charge in [-0.15, -0.1) is 0 Å². The second-order valence-electron chi connectivity index (χ2n) is 3.78. The van der Waals surface area contributed by atoms with Crippen molar-refractivity contribution in [1.82, 2.24) is 0 Å². The Bertz CT molecular complexity index is 304. The largest absolute Gasteiger partial charge is 0.454 e. The normalized spacial score (nSPS) is 33.0. The number of hydrogen-bond donors (Lipinski definition) is 2. The Hall–Kier alpha value is -0.320. The Morgan fingerprint density at radius 1 is 1.62 bits per heavy atom. The molecule has 4 heteroatoms. The van der Waals surface area contributed by atoms with Crippen molar-refractivity contribution < 1.29 is 9.52 Å². The third-order valence-corrected chi connectivity index (χ3v) is 2.84. The maximum Gasteiger partial charge on any atom is 0.169 e. The van der Waals surface area contributed by atoms with Gasteiger partial charge in [0.05, 0.1) is 5.60 Å². The minimum Gasteiger partial charge on any atom is -0.454 e. The maximum atomic E-state index is 9.89. The van der Waals surface area contributed by atoms with E-state index in [9.17, 15) is 5.11 Å². The molecule has 1 fully saturated rings. The summed E-state index contributed by atoms with van der Waals surface area (Å²) in [6.07, 6.45) is 1.91. The van der Waals surface area contributed by atoms with Gasteiger partial charge in [-0.3, -0.25) is 0 Å². The molecule has 1 aromatic heterocycles. The average Bonchev–Trinajstić information content (AvgIpc) is 2.32. The smallest absolute Gasteiger partial charge is 0.169 e. The second kappa shape index (κ2) is 3.12. The number of nitrogens with two attached hydrogens (primary N) is 1. The highest BCUT2D eigenvalue weighted by molar-refractivity contribution is 9.10. The molecule has 1 saturated carbocycles. The fourth-order valence-corrected chi connectivity index (χ4v) is 2.17. The first-order chi connectivity index (χ1) is 6.07. The van der Waals surface area contributed by atoms with Crippen LogP contribution in [0.5, 0.6) is 0 Å². The van der Waals surface area contributed by atoms with Crippen LogP contribution in [0.1, 0.15) is 18.6 Å². The quantitative estimate of drug-likeness (QED) is 0.829. The third kappa shape index (κ3) is 1.95. The molecular weight excluding hydrogens is 234 g/mol. The first-order valence-electron chi connectivity index (χ1n) is 4.30. The van der Waals surface area contributed by atoms with Crippen molar-refractivity contribution in [2.75, 3.05) is 0 Å². The molecule has 1 aliphatic rings. The lowest BCUT2D eigenvalue weighted by molar-refractivity contribution is -0.0490. The third-order valence-electron chi connectivity index (χ3n) is 2.42. The van der Waals surface area contributed by atoms with Crippen molar-refractivity contribution in [2.24, 2.45) is 5.73 Å². The Kier molecular flexibility index (Phi) is 2.21. The molecule has 0 aromatic carbocycles. The van der Waals surface area contributed by atoms with E-state index in [-0.39, 0.29) is 6.04 Å². The Balaban J connectivity index is 1.99. The summed E-state index contributed by atoms with van der Waals surface area (Å²) in [4.78, 5) is 0. The van der Waals surface area contributed by atoms with Gasteiger partial charge in [0.2, 0.25) is 0 Å². The topological polar surface area (TPSA) is 59.4 Å². The maximum absolute atomic E-state index is 9.89. The van der Waals surface area contributed by atoms with Crippen LogP contribution in [0.2, 0.25) is 0 Å². The molecule has 3 nitrogen and oxygen atoms in total. The van der Waals surface area contributed by atoms with Gasteiger partial charge in [0.1, 0.15) is 5.76 Å². The van der Waals surface area contributed by atoms with Crippen LogP contribution in [0.25, 0.3) is 0 Å².